The smallest absolute Gasteiger partial charge is 0.250 e. The molecule has 0 unspecified atom stereocenters. The summed E-state index contributed by atoms with van der Waals surface area (Å²) in [6.45, 7) is 2.19. The molecule has 3 heterocycles. The highest BCUT2D eigenvalue weighted by atomic mass is 32.2. The van der Waals surface area contributed by atoms with Crippen molar-refractivity contribution in [2.45, 2.75) is 29.2 Å². The molecule has 0 radical (unpaired) electrons. The summed E-state index contributed by atoms with van der Waals surface area (Å²) in [5.74, 6) is 1.36. The maximum Gasteiger partial charge on any atom is 0.250 e. The Kier molecular flexibility index (Phi) is 5.38. The highest BCUT2D eigenvalue weighted by Gasteiger charge is 2.26. The van der Waals surface area contributed by atoms with Gasteiger partial charge in [0.15, 0.2) is 11.5 Å². The van der Waals surface area contributed by atoms with Gasteiger partial charge in [0.1, 0.15) is 4.21 Å². The number of β-amino-alcohol motifs (C(OH)–C–C–N with tert-alkyl or cyclic N) is 1. The maximum atomic E-state index is 12.3. The Hall–Kier alpha value is -1.65. The summed E-state index contributed by atoms with van der Waals surface area (Å²) in [5, 5.41) is 12.3. The number of rotatable bonds is 6. The Balaban J connectivity index is 1.29. The molecule has 1 fully saturated rings. The molecule has 1 aromatic carbocycles. The van der Waals surface area contributed by atoms with E-state index in [-0.39, 0.29) is 12.8 Å². The quantitative estimate of drug-likeness (QED) is 0.757. The van der Waals surface area contributed by atoms with Gasteiger partial charge < -0.3 is 19.5 Å². The monoisotopic (exact) mass is 410 g/mol. The van der Waals surface area contributed by atoms with Crippen LogP contribution in [0.2, 0.25) is 0 Å². The standard InChI is InChI=1S/C18H22N2O5S2/c21-15(13-3-4-16-17(10-13)25-12-24-16)11-20-7-5-14(6-8-20)19-27(22,23)18-2-1-9-26-18/h1-4,9-10,14-15,19,21H,5-8,11-12H2/t15-/m0/s1. The lowest BCUT2D eigenvalue weighted by Crippen LogP contribution is -2.45. The molecular formula is C18H22N2O5S2. The van der Waals surface area contributed by atoms with Crippen molar-refractivity contribution >= 4 is 21.4 Å². The zero-order chi connectivity index (χ0) is 18.9. The fraction of sp³-hybridized carbons (Fsp3) is 0.444. The first-order valence-electron chi connectivity index (χ1n) is 8.87. The molecule has 1 aromatic heterocycles. The SMILES string of the molecule is O=S(=O)(NC1CCN(C[C@H](O)c2ccc3c(c2)OCO3)CC1)c1cccs1. The number of fused-ring (bicyclic) bond motifs is 1. The van der Waals surface area contributed by atoms with E-state index in [1.165, 1.54) is 11.3 Å². The normalized spacial score (nSPS) is 19.3. The summed E-state index contributed by atoms with van der Waals surface area (Å²) < 4.78 is 38.4. The first-order valence-corrected chi connectivity index (χ1v) is 11.2. The molecule has 27 heavy (non-hydrogen) atoms. The second kappa shape index (κ2) is 7.76. The molecule has 2 aromatic rings. The van der Waals surface area contributed by atoms with Gasteiger partial charge in [-0.05, 0) is 55.1 Å². The van der Waals surface area contributed by atoms with Crippen molar-refractivity contribution in [3.05, 3.63) is 41.3 Å². The van der Waals surface area contributed by atoms with Crippen molar-refractivity contribution in [1.82, 2.24) is 9.62 Å². The predicted molar refractivity (Wildman–Crippen MR) is 102 cm³/mol. The highest BCUT2D eigenvalue weighted by Crippen LogP contribution is 2.34. The molecule has 0 aliphatic carbocycles. The van der Waals surface area contributed by atoms with Crippen LogP contribution in [0.3, 0.4) is 0 Å². The van der Waals surface area contributed by atoms with E-state index in [2.05, 4.69) is 9.62 Å². The summed E-state index contributed by atoms with van der Waals surface area (Å²) in [4.78, 5) is 2.16. The van der Waals surface area contributed by atoms with E-state index < -0.39 is 16.1 Å². The maximum absolute atomic E-state index is 12.3. The number of benzene rings is 1. The summed E-state index contributed by atoms with van der Waals surface area (Å²) in [5.41, 5.74) is 0.791. The van der Waals surface area contributed by atoms with Gasteiger partial charge in [0.05, 0.1) is 6.10 Å². The Morgan fingerprint density at radius 2 is 2.00 bits per heavy atom. The Labute approximate surface area is 162 Å². The summed E-state index contributed by atoms with van der Waals surface area (Å²) in [6.07, 6.45) is 0.815. The third-order valence-electron chi connectivity index (χ3n) is 4.88. The lowest BCUT2D eigenvalue weighted by Gasteiger charge is -2.33. The Morgan fingerprint density at radius 1 is 1.22 bits per heavy atom. The van der Waals surface area contributed by atoms with Gasteiger partial charge in [-0.1, -0.05) is 12.1 Å². The van der Waals surface area contributed by atoms with Gasteiger partial charge in [-0.15, -0.1) is 11.3 Å². The number of aliphatic hydroxyl groups excluding tert-OH is 1. The average Bonchev–Trinajstić information content (AvgIpc) is 3.34. The number of nitrogens with zero attached hydrogens (tertiary/aromatic N) is 1. The van der Waals surface area contributed by atoms with Crippen LogP contribution in [0.15, 0.2) is 39.9 Å². The van der Waals surface area contributed by atoms with Crippen LogP contribution in [-0.4, -0.2) is 50.9 Å². The highest BCUT2D eigenvalue weighted by molar-refractivity contribution is 7.91. The number of thiophene rings is 1. The van der Waals surface area contributed by atoms with Crippen molar-refractivity contribution < 1.29 is 23.0 Å². The summed E-state index contributed by atoms with van der Waals surface area (Å²) >= 11 is 1.22. The van der Waals surface area contributed by atoms with E-state index >= 15 is 0 Å². The third kappa shape index (κ3) is 4.27. The van der Waals surface area contributed by atoms with Crippen molar-refractivity contribution in [1.29, 1.82) is 0 Å². The zero-order valence-electron chi connectivity index (χ0n) is 14.7. The molecule has 9 heteroatoms. The molecule has 1 saturated heterocycles. The van der Waals surface area contributed by atoms with E-state index in [9.17, 15) is 13.5 Å². The molecule has 2 N–H and O–H groups in total. The van der Waals surface area contributed by atoms with Gasteiger partial charge in [-0.2, -0.15) is 0 Å². The number of aliphatic hydroxyl groups is 1. The van der Waals surface area contributed by atoms with E-state index in [0.29, 0.717) is 22.3 Å². The number of sulfonamides is 1. The first kappa shape index (κ1) is 18.7. The number of hydrogen-bond donors (Lipinski definition) is 2. The molecular weight excluding hydrogens is 388 g/mol. The van der Waals surface area contributed by atoms with Gasteiger partial charge >= 0.3 is 0 Å². The molecule has 4 rings (SSSR count). The van der Waals surface area contributed by atoms with Crippen molar-refractivity contribution in [3.63, 3.8) is 0 Å². The number of piperidine rings is 1. The molecule has 0 saturated carbocycles. The third-order valence-corrected chi connectivity index (χ3v) is 7.80. The van der Waals surface area contributed by atoms with Crippen LogP contribution in [0.25, 0.3) is 0 Å². The lowest BCUT2D eigenvalue weighted by molar-refractivity contribution is 0.0961. The minimum Gasteiger partial charge on any atom is -0.454 e. The van der Waals surface area contributed by atoms with Gasteiger partial charge in [-0.25, -0.2) is 13.1 Å². The van der Waals surface area contributed by atoms with Crippen molar-refractivity contribution in [3.8, 4) is 11.5 Å². The van der Waals surface area contributed by atoms with E-state index in [0.717, 1.165) is 31.5 Å². The van der Waals surface area contributed by atoms with Crippen molar-refractivity contribution in [2.75, 3.05) is 26.4 Å². The number of nitrogens with one attached hydrogen (secondary N) is 1. The second-order valence-electron chi connectivity index (χ2n) is 6.76. The van der Waals surface area contributed by atoms with E-state index in [1.54, 1.807) is 17.5 Å². The fourth-order valence-corrected chi connectivity index (χ4v) is 5.71. The van der Waals surface area contributed by atoms with E-state index in [4.69, 9.17) is 9.47 Å². The Morgan fingerprint density at radius 3 is 2.74 bits per heavy atom. The lowest BCUT2D eigenvalue weighted by atomic mass is 10.0. The van der Waals surface area contributed by atoms with Crippen LogP contribution >= 0.6 is 11.3 Å². The van der Waals surface area contributed by atoms with Gasteiger partial charge in [-0.3, -0.25) is 0 Å². The van der Waals surface area contributed by atoms with Crippen LogP contribution in [-0.2, 0) is 10.0 Å². The largest absolute Gasteiger partial charge is 0.454 e. The molecule has 1 atom stereocenters. The van der Waals surface area contributed by atoms with Crippen LogP contribution in [0, 0.1) is 0 Å². The van der Waals surface area contributed by atoms with Crippen LogP contribution < -0.4 is 14.2 Å². The number of hydrogen-bond acceptors (Lipinski definition) is 7. The first-order chi connectivity index (χ1) is 13.0. The second-order valence-corrected chi connectivity index (χ2v) is 9.65. The number of ether oxygens (including phenoxy) is 2. The predicted octanol–water partition coefficient (Wildman–Crippen LogP) is 1.95. The molecule has 7 nitrogen and oxygen atoms in total. The van der Waals surface area contributed by atoms with Gasteiger partial charge in [0.2, 0.25) is 16.8 Å². The molecule has 0 amide bonds. The number of likely N-dealkylation sites (tertiary alicyclic amines) is 1. The van der Waals surface area contributed by atoms with E-state index in [1.807, 2.05) is 18.2 Å². The molecule has 2 aliphatic rings. The minimum absolute atomic E-state index is 0.0731. The van der Waals surface area contributed by atoms with Gasteiger partial charge in [0, 0.05) is 12.6 Å². The molecule has 2 aliphatic heterocycles. The van der Waals surface area contributed by atoms with Crippen LogP contribution in [0.5, 0.6) is 11.5 Å². The fourth-order valence-electron chi connectivity index (χ4n) is 3.40. The average molecular weight is 411 g/mol. The minimum atomic E-state index is -3.43. The molecule has 0 spiro atoms. The van der Waals surface area contributed by atoms with Crippen LogP contribution in [0.1, 0.15) is 24.5 Å². The zero-order valence-corrected chi connectivity index (χ0v) is 16.3. The molecule has 0 bridgehead atoms. The summed E-state index contributed by atoms with van der Waals surface area (Å²) in [7, 11) is -3.43. The van der Waals surface area contributed by atoms with Crippen molar-refractivity contribution in [2.24, 2.45) is 0 Å². The topological polar surface area (TPSA) is 88.1 Å². The summed E-state index contributed by atoms with van der Waals surface area (Å²) in [6, 6.07) is 8.75. The molecule has 146 valence electrons. The Bertz CT molecular complexity index is 877. The van der Waals surface area contributed by atoms with Gasteiger partial charge in [0.25, 0.3) is 0 Å². The van der Waals surface area contributed by atoms with Crippen LogP contribution in [0.4, 0.5) is 0 Å².